The van der Waals surface area contributed by atoms with Crippen LogP contribution >= 0.6 is 27.5 Å². The highest BCUT2D eigenvalue weighted by Crippen LogP contribution is 2.38. The number of ether oxygens (including phenoxy) is 3. The summed E-state index contributed by atoms with van der Waals surface area (Å²) in [6, 6.07) is 6.33. The maximum atomic E-state index is 12.4. The molecule has 0 heterocycles. The SMILES string of the molecule is COc1cc(C=CC(=O)c2cc(Cl)cc(Br)c2O)cc(OC)c1OC. The average Bonchev–Trinajstić information content (AvgIpc) is 2.61. The van der Waals surface area contributed by atoms with Gasteiger partial charge in [-0.1, -0.05) is 17.7 Å². The molecule has 0 atom stereocenters. The first kappa shape index (κ1) is 19.1. The van der Waals surface area contributed by atoms with Gasteiger partial charge in [0.2, 0.25) is 5.75 Å². The third-order valence-corrected chi connectivity index (χ3v) is 4.23. The summed E-state index contributed by atoms with van der Waals surface area (Å²) in [7, 11) is 4.54. The third-order valence-electron chi connectivity index (χ3n) is 3.41. The Bertz CT molecular complexity index is 807. The Morgan fingerprint density at radius 2 is 1.68 bits per heavy atom. The Kier molecular flexibility index (Phi) is 6.33. The highest BCUT2D eigenvalue weighted by Gasteiger charge is 2.14. The molecule has 0 saturated heterocycles. The number of aromatic hydroxyl groups is 1. The number of allylic oxidation sites excluding steroid dienone is 1. The van der Waals surface area contributed by atoms with E-state index in [1.165, 1.54) is 39.5 Å². The first-order valence-electron chi connectivity index (χ1n) is 7.11. The maximum Gasteiger partial charge on any atom is 0.203 e. The van der Waals surface area contributed by atoms with Gasteiger partial charge < -0.3 is 19.3 Å². The lowest BCUT2D eigenvalue weighted by Crippen LogP contribution is -1.97. The largest absolute Gasteiger partial charge is 0.506 e. The molecule has 0 aliphatic carbocycles. The van der Waals surface area contributed by atoms with Crippen molar-refractivity contribution in [2.24, 2.45) is 0 Å². The van der Waals surface area contributed by atoms with E-state index >= 15 is 0 Å². The van der Waals surface area contributed by atoms with E-state index < -0.39 is 5.78 Å². The molecule has 2 aromatic carbocycles. The number of ketones is 1. The molecule has 25 heavy (non-hydrogen) atoms. The molecule has 0 radical (unpaired) electrons. The van der Waals surface area contributed by atoms with Crippen LogP contribution in [0.5, 0.6) is 23.0 Å². The predicted octanol–water partition coefficient (Wildman–Crippen LogP) is 4.73. The number of rotatable bonds is 6. The van der Waals surface area contributed by atoms with Gasteiger partial charge in [0.25, 0.3) is 0 Å². The molecule has 0 unspecified atom stereocenters. The molecule has 0 saturated carbocycles. The lowest BCUT2D eigenvalue weighted by atomic mass is 10.1. The van der Waals surface area contributed by atoms with Crippen LogP contribution in [0.15, 0.2) is 34.8 Å². The minimum atomic E-state index is -0.394. The summed E-state index contributed by atoms with van der Waals surface area (Å²) < 4.78 is 16.2. The van der Waals surface area contributed by atoms with Crippen molar-refractivity contribution in [3.63, 3.8) is 0 Å². The van der Waals surface area contributed by atoms with E-state index in [-0.39, 0.29) is 11.3 Å². The van der Waals surface area contributed by atoms with E-state index in [9.17, 15) is 9.90 Å². The molecule has 0 aromatic heterocycles. The van der Waals surface area contributed by atoms with Crippen molar-refractivity contribution in [3.8, 4) is 23.0 Å². The maximum absolute atomic E-state index is 12.4. The quantitative estimate of drug-likeness (QED) is 0.533. The molecule has 5 nitrogen and oxygen atoms in total. The second kappa shape index (κ2) is 8.27. The van der Waals surface area contributed by atoms with Gasteiger partial charge in [0.1, 0.15) is 5.75 Å². The van der Waals surface area contributed by atoms with E-state index in [1.807, 2.05) is 0 Å². The standard InChI is InChI=1S/C18H16BrClO5/c1-23-15-6-10(7-16(24-2)18(15)25-3)4-5-14(21)12-8-11(20)9-13(19)17(12)22/h4-9,22H,1-3H3. The van der Waals surface area contributed by atoms with Crippen molar-refractivity contribution in [2.45, 2.75) is 0 Å². The molecule has 0 fully saturated rings. The van der Waals surface area contributed by atoms with Gasteiger partial charge >= 0.3 is 0 Å². The number of halogens is 2. The first-order chi connectivity index (χ1) is 11.9. The van der Waals surface area contributed by atoms with Gasteiger partial charge in [0.05, 0.1) is 31.4 Å². The second-order valence-electron chi connectivity index (χ2n) is 4.94. The summed E-state index contributed by atoms with van der Waals surface area (Å²) >= 11 is 9.09. The number of phenolic OH excluding ortho intramolecular Hbond substituents is 1. The van der Waals surface area contributed by atoms with Crippen LogP contribution in [0.1, 0.15) is 15.9 Å². The number of hydrogen-bond donors (Lipinski definition) is 1. The number of carbonyl (C=O) groups excluding carboxylic acids is 1. The van der Waals surface area contributed by atoms with E-state index in [0.717, 1.165) is 0 Å². The zero-order valence-corrected chi connectivity index (χ0v) is 16.1. The lowest BCUT2D eigenvalue weighted by Gasteiger charge is -2.12. The molecule has 7 heteroatoms. The van der Waals surface area contributed by atoms with Gasteiger partial charge in [-0.25, -0.2) is 0 Å². The molecule has 0 aliphatic rings. The molecular formula is C18H16BrClO5. The van der Waals surface area contributed by atoms with Crippen molar-refractivity contribution in [2.75, 3.05) is 21.3 Å². The summed E-state index contributed by atoms with van der Waals surface area (Å²) in [6.45, 7) is 0. The van der Waals surface area contributed by atoms with Gasteiger partial charge in [-0.05, 0) is 51.8 Å². The Hall–Kier alpha value is -2.18. The van der Waals surface area contributed by atoms with E-state index in [0.29, 0.717) is 32.3 Å². The Morgan fingerprint density at radius 1 is 1.08 bits per heavy atom. The highest BCUT2D eigenvalue weighted by atomic mass is 79.9. The van der Waals surface area contributed by atoms with Crippen LogP contribution in [-0.4, -0.2) is 32.2 Å². The molecule has 0 aliphatic heterocycles. The zero-order chi connectivity index (χ0) is 18.6. The lowest BCUT2D eigenvalue weighted by molar-refractivity contribution is 0.104. The van der Waals surface area contributed by atoms with E-state index in [1.54, 1.807) is 18.2 Å². The molecule has 2 rings (SSSR count). The Labute approximate surface area is 158 Å². The van der Waals surface area contributed by atoms with Crippen molar-refractivity contribution >= 4 is 39.4 Å². The fraction of sp³-hybridized carbons (Fsp3) is 0.167. The van der Waals surface area contributed by atoms with Crippen LogP contribution in [0.4, 0.5) is 0 Å². The molecular weight excluding hydrogens is 412 g/mol. The normalized spacial score (nSPS) is 10.8. The first-order valence-corrected chi connectivity index (χ1v) is 8.28. The number of hydrogen-bond acceptors (Lipinski definition) is 5. The second-order valence-corrected chi connectivity index (χ2v) is 6.23. The molecule has 2 aromatic rings. The van der Waals surface area contributed by atoms with Crippen molar-refractivity contribution in [3.05, 3.63) is 51.0 Å². The van der Waals surface area contributed by atoms with Crippen LogP contribution in [0.3, 0.4) is 0 Å². The van der Waals surface area contributed by atoms with Crippen LogP contribution in [0.2, 0.25) is 5.02 Å². The molecule has 132 valence electrons. The average molecular weight is 428 g/mol. The minimum absolute atomic E-state index is 0.100. The van der Waals surface area contributed by atoms with Gasteiger partial charge in [0.15, 0.2) is 17.3 Å². The minimum Gasteiger partial charge on any atom is -0.506 e. The number of carbonyl (C=O) groups is 1. The zero-order valence-electron chi connectivity index (χ0n) is 13.8. The van der Waals surface area contributed by atoms with E-state index in [4.69, 9.17) is 25.8 Å². The molecule has 0 bridgehead atoms. The van der Waals surface area contributed by atoms with Crippen LogP contribution in [0, 0.1) is 0 Å². The molecule has 0 spiro atoms. The van der Waals surface area contributed by atoms with Crippen molar-refractivity contribution < 1.29 is 24.1 Å². The van der Waals surface area contributed by atoms with Crippen molar-refractivity contribution in [1.29, 1.82) is 0 Å². The number of benzene rings is 2. The third kappa shape index (κ3) is 4.27. The number of phenols is 1. The topological polar surface area (TPSA) is 65.0 Å². The summed E-state index contributed by atoms with van der Waals surface area (Å²) in [5.41, 5.74) is 0.770. The fourth-order valence-electron chi connectivity index (χ4n) is 2.21. The molecule has 0 amide bonds. The summed E-state index contributed by atoms with van der Waals surface area (Å²) in [6.07, 6.45) is 2.92. The number of methoxy groups -OCH3 is 3. The fourth-order valence-corrected chi connectivity index (χ4v) is 3.02. The van der Waals surface area contributed by atoms with Gasteiger partial charge in [-0.15, -0.1) is 0 Å². The van der Waals surface area contributed by atoms with Gasteiger partial charge in [-0.3, -0.25) is 4.79 Å². The predicted molar refractivity (Wildman–Crippen MR) is 100 cm³/mol. The van der Waals surface area contributed by atoms with Crippen LogP contribution in [0.25, 0.3) is 6.08 Å². The van der Waals surface area contributed by atoms with Crippen LogP contribution in [-0.2, 0) is 0 Å². The van der Waals surface area contributed by atoms with Gasteiger partial charge in [0, 0.05) is 5.02 Å². The van der Waals surface area contributed by atoms with Gasteiger partial charge in [-0.2, -0.15) is 0 Å². The summed E-state index contributed by atoms with van der Waals surface area (Å²) in [5.74, 6) is 0.855. The van der Waals surface area contributed by atoms with Crippen molar-refractivity contribution in [1.82, 2.24) is 0 Å². The highest BCUT2D eigenvalue weighted by molar-refractivity contribution is 9.10. The monoisotopic (exact) mass is 426 g/mol. The Balaban J connectivity index is 2.38. The Morgan fingerprint density at radius 3 is 2.20 bits per heavy atom. The summed E-state index contributed by atoms with van der Waals surface area (Å²) in [5, 5.41) is 10.3. The molecule has 1 N–H and O–H groups in total. The van der Waals surface area contributed by atoms with E-state index in [2.05, 4.69) is 15.9 Å². The smallest absolute Gasteiger partial charge is 0.203 e. The summed E-state index contributed by atoms with van der Waals surface area (Å²) in [4.78, 5) is 12.4. The van der Waals surface area contributed by atoms with Crippen LogP contribution < -0.4 is 14.2 Å².